The van der Waals surface area contributed by atoms with Gasteiger partial charge in [0.05, 0.1) is 11.0 Å². The van der Waals surface area contributed by atoms with Crippen molar-refractivity contribution >= 4 is 17.1 Å². The molecule has 0 radical (unpaired) electrons. The van der Waals surface area contributed by atoms with Crippen molar-refractivity contribution in [2.45, 2.75) is 27.7 Å². The third-order valence-corrected chi connectivity index (χ3v) is 3.32. The molecule has 2 nitrogen and oxygen atoms in total. The third-order valence-electron chi connectivity index (χ3n) is 3.32. The van der Waals surface area contributed by atoms with Crippen molar-refractivity contribution in [2.24, 2.45) is 7.05 Å². The van der Waals surface area contributed by atoms with E-state index < -0.39 is 0 Å². The van der Waals surface area contributed by atoms with Gasteiger partial charge in [-0.05, 0) is 31.5 Å². The number of aromatic nitrogens is 2. The molecular formula is C22H28N2. The minimum Gasteiger partial charge on any atom is -0.327 e. The van der Waals surface area contributed by atoms with Crippen molar-refractivity contribution in [1.82, 2.24) is 9.55 Å². The van der Waals surface area contributed by atoms with Crippen molar-refractivity contribution in [3.8, 4) is 11.4 Å². The van der Waals surface area contributed by atoms with Crippen LogP contribution in [0.4, 0.5) is 0 Å². The number of para-hydroxylation sites is 2. The van der Waals surface area contributed by atoms with Gasteiger partial charge < -0.3 is 4.57 Å². The van der Waals surface area contributed by atoms with Gasteiger partial charge in [-0.3, -0.25) is 0 Å². The molecule has 0 unspecified atom stereocenters. The molecule has 1 heterocycles. The minimum absolute atomic E-state index is 1.01. The first-order valence-corrected chi connectivity index (χ1v) is 8.43. The number of rotatable bonds is 2. The van der Waals surface area contributed by atoms with Crippen molar-refractivity contribution in [2.75, 3.05) is 0 Å². The van der Waals surface area contributed by atoms with E-state index in [1.165, 1.54) is 5.56 Å². The Morgan fingerprint density at radius 3 is 2.08 bits per heavy atom. The van der Waals surface area contributed by atoms with E-state index in [1.807, 2.05) is 52.0 Å². The van der Waals surface area contributed by atoms with Crippen LogP contribution in [0.5, 0.6) is 0 Å². The summed E-state index contributed by atoms with van der Waals surface area (Å²) in [7, 11) is 2.06. The van der Waals surface area contributed by atoms with Crippen LogP contribution in [-0.4, -0.2) is 9.55 Å². The van der Waals surface area contributed by atoms with Crippen LogP contribution >= 0.6 is 0 Å². The topological polar surface area (TPSA) is 17.8 Å². The van der Waals surface area contributed by atoms with E-state index in [2.05, 4.69) is 54.6 Å². The van der Waals surface area contributed by atoms with Gasteiger partial charge >= 0.3 is 0 Å². The van der Waals surface area contributed by atoms with Gasteiger partial charge in [-0.25, -0.2) is 4.98 Å². The summed E-state index contributed by atoms with van der Waals surface area (Å²) < 4.78 is 2.14. The first-order chi connectivity index (χ1) is 11.7. The molecule has 0 atom stereocenters. The zero-order chi connectivity index (χ0) is 17.9. The molecule has 3 rings (SSSR count). The molecule has 3 aromatic rings. The number of imidazole rings is 1. The van der Waals surface area contributed by atoms with Crippen molar-refractivity contribution < 1.29 is 0 Å². The van der Waals surface area contributed by atoms with Crippen LogP contribution in [-0.2, 0) is 7.05 Å². The average molecular weight is 320 g/mol. The molecular weight excluding hydrogens is 292 g/mol. The smallest absolute Gasteiger partial charge is 0.140 e. The number of hydrogen-bond donors (Lipinski definition) is 0. The Balaban J connectivity index is 0.000000521. The lowest BCUT2D eigenvalue weighted by Gasteiger charge is -2.03. The second-order valence-electron chi connectivity index (χ2n) is 5.01. The van der Waals surface area contributed by atoms with E-state index in [1.54, 1.807) is 6.08 Å². The molecule has 0 aliphatic carbocycles. The number of allylic oxidation sites excluding steroid dienone is 2. The van der Waals surface area contributed by atoms with Gasteiger partial charge in [0.2, 0.25) is 0 Å². The fourth-order valence-electron chi connectivity index (χ4n) is 2.34. The average Bonchev–Trinajstić information content (AvgIpc) is 2.96. The van der Waals surface area contributed by atoms with Crippen LogP contribution in [0.3, 0.4) is 0 Å². The molecule has 0 saturated carbocycles. The SMILES string of the molecule is C/C=C/c1ccc(-c2nc3ccccc3n2C)cc1.C=CC.CC. The van der Waals surface area contributed by atoms with Crippen molar-refractivity contribution in [3.63, 3.8) is 0 Å². The lowest BCUT2D eigenvalue weighted by molar-refractivity contribution is 0.959. The maximum Gasteiger partial charge on any atom is 0.140 e. The standard InChI is InChI=1S/C17H16N2.C3H6.C2H6/c1-3-6-13-9-11-14(12-10-13)17-18-15-7-4-5-8-16(15)19(17)2;1-3-2;1-2/h3-12H,1-2H3;3H,1H2,2H3;1-2H3/b6-3+;;. The minimum atomic E-state index is 1.01. The Morgan fingerprint density at radius 1 is 0.958 bits per heavy atom. The summed E-state index contributed by atoms with van der Waals surface area (Å²) in [5.74, 6) is 1.01. The molecule has 0 saturated heterocycles. The fourth-order valence-corrected chi connectivity index (χ4v) is 2.34. The summed E-state index contributed by atoms with van der Waals surface area (Å²) in [5, 5.41) is 0. The van der Waals surface area contributed by atoms with E-state index in [-0.39, 0.29) is 0 Å². The largest absolute Gasteiger partial charge is 0.327 e. The summed E-state index contributed by atoms with van der Waals surface area (Å²) >= 11 is 0. The molecule has 2 heteroatoms. The van der Waals surface area contributed by atoms with Crippen LogP contribution < -0.4 is 0 Å². The first-order valence-electron chi connectivity index (χ1n) is 8.43. The molecule has 0 N–H and O–H groups in total. The molecule has 0 bridgehead atoms. The molecule has 0 spiro atoms. The second kappa shape index (κ2) is 10.2. The fraction of sp³-hybridized carbons (Fsp3) is 0.227. The van der Waals surface area contributed by atoms with Crippen molar-refractivity contribution in [3.05, 3.63) is 72.8 Å². The molecule has 0 aliphatic heterocycles. The molecule has 0 aliphatic rings. The van der Waals surface area contributed by atoms with Crippen LogP contribution in [0.15, 0.2) is 67.3 Å². The van der Waals surface area contributed by atoms with Crippen LogP contribution in [0.1, 0.15) is 33.3 Å². The molecule has 2 aromatic carbocycles. The highest BCUT2D eigenvalue weighted by Crippen LogP contribution is 2.23. The summed E-state index contributed by atoms with van der Waals surface area (Å²) in [6, 6.07) is 16.7. The second-order valence-corrected chi connectivity index (χ2v) is 5.01. The lowest BCUT2D eigenvalue weighted by Crippen LogP contribution is -1.92. The van der Waals surface area contributed by atoms with Crippen molar-refractivity contribution in [1.29, 1.82) is 0 Å². The first kappa shape index (κ1) is 19.4. The number of hydrogen-bond acceptors (Lipinski definition) is 1. The van der Waals surface area contributed by atoms with Crippen LogP contribution in [0.25, 0.3) is 28.5 Å². The highest BCUT2D eigenvalue weighted by atomic mass is 15.1. The normalized spacial score (nSPS) is 9.88. The Morgan fingerprint density at radius 2 is 1.54 bits per heavy atom. The molecule has 24 heavy (non-hydrogen) atoms. The Hall–Kier alpha value is -2.61. The van der Waals surface area contributed by atoms with Gasteiger partial charge in [0, 0.05) is 12.6 Å². The van der Waals surface area contributed by atoms with Crippen LogP contribution in [0.2, 0.25) is 0 Å². The highest BCUT2D eigenvalue weighted by molar-refractivity contribution is 5.80. The van der Waals surface area contributed by atoms with Gasteiger partial charge in [-0.2, -0.15) is 0 Å². The monoisotopic (exact) mass is 320 g/mol. The molecule has 126 valence electrons. The van der Waals surface area contributed by atoms with Gasteiger partial charge in [-0.1, -0.05) is 68.5 Å². The van der Waals surface area contributed by atoms with E-state index in [4.69, 9.17) is 4.98 Å². The number of aryl methyl sites for hydroxylation is 1. The Bertz CT molecular complexity index is 777. The van der Waals surface area contributed by atoms with E-state index in [0.717, 1.165) is 22.4 Å². The summed E-state index contributed by atoms with van der Waals surface area (Å²) in [6.45, 7) is 11.3. The van der Waals surface area contributed by atoms with Gasteiger partial charge in [0.25, 0.3) is 0 Å². The molecule has 1 aromatic heterocycles. The molecule has 0 fully saturated rings. The number of benzene rings is 2. The molecule has 0 amide bonds. The van der Waals surface area contributed by atoms with E-state index in [0.29, 0.717) is 0 Å². The summed E-state index contributed by atoms with van der Waals surface area (Å²) in [5.41, 5.74) is 4.56. The van der Waals surface area contributed by atoms with Crippen LogP contribution in [0, 0.1) is 0 Å². The zero-order valence-corrected chi connectivity index (χ0v) is 15.5. The maximum absolute atomic E-state index is 4.70. The third kappa shape index (κ3) is 4.69. The van der Waals surface area contributed by atoms with Gasteiger partial charge in [-0.15, -0.1) is 6.58 Å². The highest BCUT2D eigenvalue weighted by Gasteiger charge is 2.08. The zero-order valence-electron chi connectivity index (χ0n) is 15.5. The maximum atomic E-state index is 4.70. The summed E-state index contributed by atoms with van der Waals surface area (Å²) in [6.07, 6.45) is 5.89. The quantitative estimate of drug-likeness (QED) is 0.493. The van der Waals surface area contributed by atoms with E-state index in [9.17, 15) is 0 Å². The van der Waals surface area contributed by atoms with Gasteiger partial charge in [0.1, 0.15) is 5.82 Å². The Labute approximate surface area is 146 Å². The summed E-state index contributed by atoms with van der Waals surface area (Å²) in [4.78, 5) is 4.70. The van der Waals surface area contributed by atoms with Gasteiger partial charge in [0.15, 0.2) is 0 Å². The Kier molecular flexibility index (Phi) is 8.28. The number of nitrogens with zero attached hydrogens (tertiary/aromatic N) is 2. The predicted molar refractivity (Wildman–Crippen MR) is 108 cm³/mol. The lowest BCUT2D eigenvalue weighted by atomic mass is 10.1. The van der Waals surface area contributed by atoms with E-state index >= 15 is 0 Å². The number of fused-ring (bicyclic) bond motifs is 1. The predicted octanol–water partition coefficient (Wildman–Crippen LogP) is 6.49.